The van der Waals surface area contributed by atoms with Crippen molar-refractivity contribution in [2.24, 2.45) is 5.92 Å². The van der Waals surface area contributed by atoms with E-state index in [1.165, 1.54) is 11.5 Å². The summed E-state index contributed by atoms with van der Waals surface area (Å²) in [6.45, 7) is 10.5. The lowest BCUT2D eigenvalue weighted by atomic mass is 9.96. The lowest BCUT2D eigenvalue weighted by Crippen LogP contribution is -2.15. The fourth-order valence-corrected chi connectivity index (χ4v) is 2.37. The molecule has 0 fully saturated rings. The molecule has 0 amide bonds. The van der Waals surface area contributed by atoms with E-state index in [9.17, 15) is 5.11 Å². The van der Waals surface area contributed by atoms with Gasteiger partial charge in [-0.15, -0.1) is 0 Å². The zero-order valence-electron chi connectivity index (χ0n) is 10.8. The highest BCUT2D eigenvalue weighted by Crippen LogP contribution is 2.21. The van der Waals surface area contributed by atoms with Gasteiger partial charge in [-0.3, -0.25) is 0 Å². The second-order valence-electron chi connectivity index (χ2n) is 5.75. The van der Waals surface area contributed by atoms with Crippen LogP contribution in [0.3, 0.4) is 0 Å². The molecule has 0 bridgehead atoms. The molecule has 0 aliphatic heterocycles. The van der Waals surface area contributed by atoms with E-state index in [-0.39, 0.29) is 11.5 Å². The molecule has 1 atom stereocenters. The quantitative estimate of drug-likeness (QED) is 0.883. The Morgan fingerprint density at radius 3 is 2.38 bits per heavy atom. The van der Waals surface area contributed by atoms with E-state index >= 15 is 0 Å². The van der Waals surface area contributed by atoms with E-state index in [2.05, 4.69) is 44.0 Å². The highest BCUT2D eigenvalue weighted by molar-refractivity contribution is 7.05. The molecule has 1 unspecified atom stereocenters. The summed E-state index contributed by atoms with van der Waals surface area (Å²) in [6.07, 6.45) is 1.16. The summed E-state index contributed by atoms with van der Waals surface area (Å²) in [4.78, 5) is 4.48. The number of rotatable bonds is 4. The van der Waals surface area contributed by atoms with Crippen molar-refractivity contribution in [1.82, 2.24) is 9.36 Å². The summed E-state index contributed by atoms with van der Waals surface area (Å²) in [5.74, 6) is 1.40. The van der Waals surface area contributed by atoms with Gasteiger partial charge >= 0.3 is 0 Å². The van der Waals surface area contributed by atoms with Crippen LogP contribution in [0.2, 0.25) is 0 Å². The first kappa shape index (κ1) is 13.6. The molecule has 3 nitrogen and oxygen atoms in total. The Morgan fingerprint density at radius 2 is 1.94 bits per heavy atom. The Balaban J connectivity index is 2.59. The lowest BCUT2D eigenvalue weighted by Gasteiger charge is -2.13. The maximum atomic E-state index is 9.82. The third-order valence-electron chi connectivity index (χ3n) is 2.29. The molecule has 1 aromatic heterocycles. The van der Waals surface area contributed by atoms with E-state index in [4.69, 9.17) is 0 Å². The normalized spacial score (nSPS) is 14.4. The van der Waals surface area contributed by atoms with Crippen molar-refractivity contribution in [3.63, 3.8) is 0 Å². The minimum Gasteiger partial charge on any atom is -0.393 e. The predicted molar refractivity (Wildman–Crippen MR) is 67.8 cm³/mol. The molecule has 4 heteroatoms. The van der Waals surface area contributed by atoms with Gasteiger partial charge in [-0.1, -0.05) is 34.6 Å². The van der Waals surface area contributed by atoms with Gasteiger partial charge in [0.1, 0.15) is 10.8 Å². The lowest BCUT2D eigenvalue weighted by molar-refractivity contribution is 0.149. The molecule has 92 valence electrons. The summed E-state index contributed by atoms with van der Waals surface area (Å²) in [5.41, 5.74) is -0.00223. The highest BCUT2D eigenvalue weighted by Gasteiger charge is 2.20. The summed E-state index contributed by atoms with van der Waals surface area (Å²) in [5, 5.41) is 10.8. The number of hydrogen-bond acceptors (Lipinski definition) is 4. The van der Waals surface area contributed by atoms with Crippen LogP contribution in [0.5, 0.6) is 0 Å². The Bertz CT molecular complexity index is 328. The molecule has 1 heterocycles. The fraction of sp³-hybridized carbons (Fsp3) is 0.833. The molecule has 0 aliphatic rings. The molecule has 0 aliphatic carbocycles. The van der Waals surface area contributed by atoms with Gasteiger partial charge in [0.05, 0.1) is 6.10 Å². The van der Waals surface area contributed by atoms with E-state index in [0.29, 0.717) is 12.3 Å². The molecule has 0 saturated heterocycles. The first-order valence-electron chi connectivity index (χ1n) is 5.80. The van der Waals surface area contributed by atoms with Crippen LogP contribution in [-0.4, -0.2) is 20.6 Å². The largest absolute Gasteiger partial charge is 0.393 e. The second kappa shape index (κ2) is 5.23. The Labute approximate surface area is 102 Å². The van der Waals surface area contributed by atoms with Gasteiger partial charge in [0.15, 0.2) is 0 Å². The average Bonchev–Trinajstić information content (AvgIpc) is 2.49. The van der Waals surface area contributed by atoms with Crippen molar-refractivity contribution < 1.29 is 5.11 Å². The summed E-state index contributed by atoms with van der Waals surface area (Å²) in [6, 6.07) is 0. The smallest absolute Gasteiger partial charge is 0.147 e. The van der Waals surface area contributed by atoms with Crippen molar-refractivity contribution in [2.45, 2.75) is 59.0 Å². The Kier molecular flexibility index (Phi) is 4.44. The standard InChI is InChI=1S/C12H22N2OS/c1-8(2)6-9(15)7-10-13-11(14-16-10)12(3,4)5/h8-9,15H,6-7H2,1-5H3. The molecule has 0 aromatic carbocycles. The average molecular weight is 242 g/mol. The highest BCUT2D eigenvalue weighted by atomic mass is 32.1. The molecule has 0 radical (unpaired) electrons. The molecular formula is C12H22N2OS. The number of aliphatic hydroxyl groups excluding tert-OH is 1. The maximum absolute atomic E-state index is 9.82. The van der Waals surface area contributed by atoms with Crippen LogP contribution in [-0.2, 0) is 11.8 Å². The van der Waals surface area contributed by atoms with Crippen molar-refractivity contribution in [2.75, 3.05) is 0 Å². The Morgan fingerprint density at radius 1 is 1.31 bits per heavy atom. The molecule has 1 N–H and O–H groups in total. The number of aromatic nitrogens is 2. The van der Waals surface area contributed by atoms with Crippen LogP contribution in [0, 0.1) is 5.92 Å². The van der Waals surface area contributed by atoms with Gasteiger partial charge in [0.25, 0.3) is 0 Å². The summed E-state index contributed by atoms with van der Waals surface area (Å²) in [7, 11) is 0. The van der Waals surface area contributed by atoms with Gasteiger partial charge in [-0.25, -0.2) is 4.98 Å². The zero-order chi connectivity index (χ0) is 12.3. The number of aliphatic hydroxyl groups is 1. The molecule has 0 spiro atoms. The molecule has 0 saturated carbocycles. The van der Waals surface area contributed by atoms with Gasteiger partial charge in [0, 0.05) is 11.8 Å². The maximum Gasteiger partial charge on any atom is 0.147 e. The summed E-state index contributed by atoms with van der Waals surface area (Å²) >= 11 is 1.41. The van der Waals surface area contributed by atoms with Crippen LogP contribution in [0.4, 0.5) is 0 Å². The SMILES string of the molecule is CC(C)CC(O)Cc1nc(C(C)(C)C)ns1. The third-order valence-corrected chi connectivity index (χ3v) is 3.03. The van der Waals surface area contributed by atoms with Crippen LogP contribution < -0.4 is 0 Å². The summed E-state index contributed by atoms with van der Waals surface area (Å²) < 4.78 is 4.34. The number of hydrogen-bond donors (Lipinski definition) is 1. The van der Waals surface area contributed by atoms with E-state index in [1.807, 2.05) is 0 Å². The molecule has 1 rings (SSSR count). The molecular weight excluding hydrogens is 220 g/mol. The third kappa shape index (κ3) is 4.18. The first-order valence-corrected chi connectivity index (χ1v) is 6.57. The van der Waals surface area contributed by atoms with Crippen molar-refractivity contribution in [3.05, 3.63) is 10.8 Å². The topological polar surface area (TPSA) is 46.0 Å². The first-order chi connectivity index (χ1) is 7.29. The van der Waals surface area contributed by atoms with Crippen LogP contribution >= 0.6 is 11.5 Å². The Hall–Kier alpha value is -0.480. The van der Waals surface area contributed by atoms with Crippen molar-refractivity contribution in [3.8, 4) is 0 Å². The molecule has 16 heavy (non-hydrogen) atoms. The van der Waals surface area contributed by atoms with Crippen molar-refractivity contribution in [1.29, 1.82) is 0 Å². The van der Waals surface area contributed by atoms with Crippen molar-refractivity contribution >= 4 is 11.5 Å². The van der Waals surface area contributed by atoms with Gasteiger partial charge in [-0.2, -0.15) is 4.37 Å². The predicted octanol–water partition coefficient (Wildman–Crippen LogP) is 2.79. The van der Waals surface area contributed by atoms with Crippen LogP contribution in [0.1, 0.15) is 51.9 Å². The van der Waals surface area contributed by atoms with Crippen LogP contribution in [0.25, 0.3) is 0 Å². The van der Waals surface area contributed by atoms with Gasteiger partial charge in [-0.05, 0) is 23.9 Å². The van der Waals surface area contributed by atoms with Crippen LogP contribution in [0.15, 0.2) is 0 Å². The minimum atomic E-state index is -0.291. The minimum absolute atomic E-state index is 0.00223. The van der Waals surface area contributed by atoms with Gasteiger partial charge < -0.3 is 5.11 Å². The zero-order valence-corrected chi connectivity index (χ0v) is 11.6. The molecule has 1 aromatic rings. The monoisotopic (exact) mass is 242 g/mol. The number of nitrogens with zero attached hydrogens (tertiary/aromatic N) is 2. The van der Waals surface area contributed by atoms with E-state index in [0.717, 1.165) is 17.3 Å². The van der Waals surface area contributed by atoms with E-state index < -0.39 is 0 Å². The van der Waals surface area contributed by atoms with Gasteiger partial charge in [0.2, 0.25) is 0 Å². The second-order valence-corrected chi connectivity index (χ2v) is 6.59. The van der Waals surface area contributed by atoms with E-state index in [1.54, 1.807) is 0 Å². The fourth-order valence-electron chi connectivity index (χ4n) is 1.47.